The van der Waals surface area contributed by atoms with E-state index in [1.54, 1.807) is 5.56 Å². The number of thioether (sulfide) groups is 1. The molecule has 2 N–H and O–H groups in total. The third-order valence-electron chi connectivity index (χ3n) is 9.07. The Hall–Kier alpha value is -2.22. The van der Waals surface area contributed by atoms with Crippen molar-refractivity contribution < 1.29 is 4.79 Å². The van der Waals surface area contributed by atoms with Gasteiger partial charge in [0.1, 0.15) is 0 Å². The molecule has 8 heteroatoms. The number of fused-ring (bicyclic) bond motifs is 2. The smallest absolute Gasteiger partial charge is 0.224 e. The molecule has 2 aliphatic heterocycles. The number of hydrogen-bond donors (Lipinski definition) is 2. The minimum absolute atomic E-state index is 0.0821. The molecule has 3 aromatic rings. The molecule has 0 saturated carbocycles. The number of nitrogens with zero attached hydrogens (tertiary/aromatic N) is 2. The fourth-order valence-corrected chi connectivity index (χ4v) is 8.44. The SMILES string of the molecule is CC(C)C(=O)N(C)C[C@@](CCN1CCC2(CC1)SCc1ccccc12)(NCCNc1ccccc1)c1ccc(Cl)c(Cl)c1. The summed E-state index contributed by atoms with van der Waals surface area (Å²) in [4.78, 5) is 17.6. The van der Waals surface area contributed by atoms with Crippen LogP contribution in [-0.2, 0) is 20.8 Å². The maximum absolute atomic E-state index is 13.2. The summed E-state index contributed by atoms with van der Waals surface area (Å²) in [6.07, 6.45) is 3.16. The van der Waals surface area contributed by atoms with Crippen molar-refractivity contribution in [1.82, 2.24) is 15.1 Å². The van der Waals surface area contributed by atoms with Crippen LogP contribution in [-0.4, -0.2) is 62.0 Å². The van der Waals surface area contributed by atoms with E-state index in [0.29, 0.717) is 16.6 Å². The summed E-state index contributed by atoms with van der Waals surface area (Å²) in [5.41, 5.74) is 4.69. The molecule has 5 nitrogen and oxygen atoms in total. The van der Waals surface area contributed by atoms with E-state index in [2.05, 4.69) is 69.8 Å². The lowest BCUT2D eigenvalue weighted by Gasteiger charge is -2.43. The van der Waals surface area contributed by atoms with Crippen LogP contribution in [0.15, 0.2) is 72.8 Å². The van der Waals surface area contributed by atoms with Crippen LogP contribution in [0.25, 0.3) is 0 Å². The predicted octanol–water partition coefficient (Wildman–Crippen LogP) is 7.63. The first-order chi connectivity index (χ1) is 20.7. The van der Waals surface area contributed by atoms with Gasteiger partial charge in [0.2, 0.25) is 5.91 Å². The van der Waals surface area contributed by atoms with E-state index in [0.717, 1.165) is 69.0 Å². The Morgan fingerprint density at radius 2 is 1.72 bits per heavy atom. The predicted molar refractivity (Wildman–Crippen MR) is 183 cm³/mol. The van der Waals surface area contributed by atoms with Crippen molar-refractivity contribution in [3.63, 3.8) is 0 Å². The van der Waals surface area contributed by atoms with Gasteiger partial charge in [-0.2, -0.15) is 0 Å². The molecule has 2 heterocycles. The van der Waals surface area contributed by atoms with Gasteiger partial charge in [-0.15, -0.1) is 11.8 Å². The van der Waals surface area contributed by atoms with E-state index < -0.39 is 5.54 Å². The molecule has 2 aliphatic rings. The van der Waals surface area contributed by atoms with Gasteiger partial charge in [-0.3, -0.25) is 4.79 Å². The minimum atomic E-state index is -0.504. The Morgan fingerprint density at radius 3 is 2.44 bits per heavy atom. The summed E-state index contributed by atoms with van der Waals surface area (Å²) in [5.74, 6) is 1.17. The maximum atomic E-state index is 13.2. The van der Waals surface area contributed by atoms with Crippen LogP contribution in [0.5, 0.6) is 0 Å². The summed E-state index contributed by atoms with van der Waals surface area (Å²) >= 11 is 15.1. The molecular formula is C35H44Cl2N4OS. The first-order valence-electron chi connectivity index (χ1n) is 15.4. The van der Waals surface area contributed by atoms with Crippen molar-refractivity contribution >= 4 is 46.6 Å². The summed E-state index contributed by atoms with van der Waals surface area (Å²) < 4.78 is 0.249. The van der Waals surface area contributed by atoms with E-state index in [4.69, 9.17) is 23.2 Å². The highest BCUT2D eigenvalue weighted by Crippen LogP contribution is 2.53. The number of halogens is 2. The number of likely N-dealkylation sites (N-methyl/N-ethyl adjacent to an activating group) is 1. The highest BCUT2D eigenvalue weighted by atomic mass is 35.5. The lowest BCUT2D eigenvalue weighted by molar-refractivity contribution is -0.134. The van der Waals surface area contributed by atoms with Crippen molar-refractivity contribution in [2.75, 3.05) is 51.6 Å². The van der Waals surface area contributed by atoms with E-state index in [-0.39, 0.29) is 16.6 Å². The lowest BCUT2D eigenvalue weighted by Crippen LogP contribution is -2.55. The molecule has 1 fully saturated rings. The fraction of sp³-hybridized carbons (Fsp3) is 0.457. The van der Waals surface area contributed by atoms with Gasteiger partial charge >= 0.3 is 0 Å². The van der Waals surface area contributed by atoms with Crippen molar-refractivity contribution in [3.05, 3.63) is 99.5 Å². The summed E-state index contributed by atoms with van der Waals surface area (Å²) in [6.45, 7) is 8.97. The number of anilines is 1. The molecule has 3 aromatic carbocycles. The zero-order chi connectivity index (χ0) is 30.5. The molecule has 43 heavy (non-hydrogen) atoms. The molecule has 0 aromatic heterocycles. The topological polar surface area (TPSA) is 47.6 Å². The number of carbonyl (C=O) groups excluding carboxylic acids is 1. The van der Waals surface area contributed by atoms with Gasteiger partial charge in [0.05, 0.1) is 15.6 Å². The third kappa shape index (κ3) is 7.54. The molecule has 1 amide bonds. The van der Waals surface area contributed by atoms with Gasteiger partial charge in [-0.1, -0.05) is 85.6 Å². The molecule has 230 valence electrons. The molecular weight excluding hydrogens is 595 g/mol. The second-order valence-corrected chi connectivity index (χ2v) is 14.5. The zero-order valence-corrected chi connectivity index (χ0v) is 27.9. The van der Waals surface area contributed by atoms with Gasteiger partial charge in [0.15, 0.2) is 0 Å². The number of nitrogens with one attached hydrogen (secondary N) is 2. The number of piperidine rings is 1. The summed E-state index contributed by atoms with van der Waals surface area (Å²) in [6, 6.07) is 25.2. The average molecular weight is 640 g/mol. The Bertz CT molecular complexity index is 1380. The second-order valence-electron chi connectivity index (χ2n) is 12.3. The average Bonchev–Trinajstić information content (AvgIpc) is 3.38. The molecule has 5 rings (SSSR count). The number of amides is 1. The van der Waals surface area contributed by atoms with Crippen LogP contribution in [0.3, 0.4) is 0 Å². The van der Waals surface area contributed by atoms with Crippen LogP contribution in [0.1, 0.15) is 49.8 Å². The van der Waals surface area contributed by atoms with Crippen molar-refractivity contribution in [3.8, 4) is 0 Å². The third-order valence-corrected chi connectivity index (χ3v) is 11.4. The van der Waals surface area contributed by atoms with Gasteiger partial charge in [-0.25, -0.2) is 0 Å². The standard InChI is InChI=1S/C35H44Cl2N4OS/c1-26(2)33(42)40(3)25-34(28-13-14-31(36)32(37)23-28,39-19-18-38-29-10-5-4-6-11-29)15-20-41-21-16-35(17-22-41)30-12-8-7-9-27(30)24-43-35/h4-14,23,26,38-39H,15-22,24-25H2,1-3H3/t34-/m1/s1. The van der Waals surface area contributed by atoms with E-state index in [1.165, 1.54) is 5.56 Å². The number of hydrogen-bond acceptors (Lipinski definition) is 5. The summed E-state index contributed by atoms with van der Waals surface area (Å²) in [7, 11) is 1.91. The Morgan fingerprint density at radius 1 is 1.00 bits per heavy atom. The van der Waals surface area contributed by atoms with Gasteiger partial charge in [-0.05, 0) is 73.3 Å². The summed E-state index contributed by atoms with van der Waals surface area (Å²) in [5, 5.41) is 8.49. The largest absolute Gasteiger partial charge is 0.384 e. The number of rotatable bonds is 12. The highest BCUT2D eigenvalue weighted by Gasteiger charge is 2.42. The number of likely N-dealkylation sites (tertiary alicyclic amines) is 1. The van der Waals surface area contributed by atoms with E-state index in [1.807, 2.05) is 56.1 Å². The lowest BCUT2D eigenvalue weighted by atomic mass is 9.83. The van der Waals surface area contributed by atoms with Crippen molar-refractivity contribution in [1.29, 1.82) is 0 Å². The van der Waals surface area contributed by atoms with Gasteiger partial charge < -0.3 is 20.4 Å². The van der Waals surface area contributed by atoms with Crippen molar-refractivity contribution in [2.24, 2.45) is 5.92 Å². The van der Waals surface area contributed by atoms with Gasteiger partial charge in [0.25, 0.3) is 0 Å². The quantitative estimate of drug-likeness (QED) is 0.200. The number of para-hydroxylation sites is 1. The maximum Gasteiger partial charge on any atom is 0.224 e. The second kappa shape index (κ2) is 14.3. The fourth-order valence-electron chi connectivity index (χ4n) is 6.63. The molecule has 0 aliphatic carbocycles. The zero-order valence-electron chi connectivity index (χ0n) is 25.5. The highest BCUT2D eigenvalue weighted by molar-refractivity contribution is 7.99. The van der Waals surface area contributed by atoms with Crippen LogP contribution in [0.4, 0.5) is 5.69 Å². The number of benzene rings is 3. The Kier molecular flexibility index (Phi) is 10.7. The molecule has 1 saturated heterocycles. The van der Waals surface area contributed by atoms with Gasteiger partial charge in [0, 0.05) is 55.3 Å². The Balaban J connectivity index is 1.35. The minimum Gasteiger partial charge on any atom is -0.384 e. The first-order valence-corrected chi connectivity index (χ1v) is 17.1. The monoisotopic (exact) mass is 638 g/mol. The van der Waals surface area contributed by atoms with Crippen LogP contribution in [0, 0.1) is 5.92 Å². The van der Waals surface area contributed by atoms with Crippen LogP contribution < -0.4 is 10.6 Å². The normalized spacial score (nSPS) is 17.5. The molecule has 0 bridgehead atoms. The first kappa shape index (κ1) is 32.2. The van der Waals surface area contributed by atoms with Crippen LogP contribution in [0.2, 0.25) is 10.0 Å². The molecule has 0 unspecified atom stereocenters. The van der Waals surface area contributed by atoms with E-state index in [9.17, 15) is 4.79 Å². The molecule has 0 radical (unpaired) electrons. The Labute approximate surface area is 271 Å². The van der Waals surface area contributed by atoms with Crippen molar-refractivity contribution in [2.45, 2.75) is 49.1 Å². The van der Waals surface area contributed by atoms with E-state index >= 15 is 0 Å². The number of carbonyl (C=O) groups is 1. The van der Waals surface area contributed by atoms with Crippen LogP contribution >= 0.6 is 35.0 Å². The molecule has 1 spiro atoms. The molecule has 1 atom stereocenters.